The molecule has 11 nitrogen and oxygen atoms in total. The van der Waals surface area contributed by atoms with Crippen LogP contribution in [0.25, 0.3) is 11.2 Å². The van der Waals surface area contributed by atoms with Crippen LogP contribution in [-0.4, -0.2) is 53.0 Å². The molecule has 0 amide bonds. The first-order valence-corrected chi connectivity index (χ1v) is 7.72. The van der Waals surface area contributed by atoms with Crippen molar-refractivity contribution >= 4 is 24.6 Å². The molecule has 22 heavy (non-hydrogen) atoms. The molecule has 0 fully saturated rings. The van der Waals surface area contributed by atoms with Crippen molar-refractivity contribution in [1.82, 2.24) is 19.5 Å². The lowest BCUT2D eigenvalue weighted by Gasteiger charge is -2.25. The van der Waals surface area contributed by atoms with Gasteiger partial charge < -0.3 is 29.9 Å². The number of nitrogens with zero attached hydrogens (tertiary/aromatic N) is 5. The predicted molar refractivity (Wildman–Crippen MR) is 73.2 cm³/mol. The summed E-state index contributed by atoms with van der Waals surface area (Å²) >= 11 is 0. The smallest absolute Gasteiger partial charge is 0.351 e. The van der Waals surface area contributed by atoms with Gasteiger partial charge in [0.05, 0.1) is 19.5 Å². The largest absolute Gasteiger partial charge is 0.392 e. The monoisotopic (exact) mass is 328 g/mol. The topological polar surface area (TPSA) is 180 Å². The minimum Gasteiger partial charge on any atom is -0.392 e. The van der Waals surface area contributed by atoms with Crippen molar-refractivity contribution in [2.45, 2.75) is 12.1 Å². The van der Waals surface area contributed by atoms with E-state index in [-0.39, 0.29) is 12.4 Å². The molecule has 2 heterocycles. The number of aliphatic hydroxyl groups excluding tert-OH is 1. The molecule has 0 aromatic carbocycles. The van der Waals surface area contributed by atoms with Gasteiger partial charge in [-0.05, 0) is 0 Å². The van der Waals surface area contributed by atoms with Crippen LogP contribution in [0.3, 0.4) is 0 Å². The summed E-state index contributed by atoms with van der Waals surface area (Å²) in [7, 11) is -4.49. The Labute approximate surface area is 124 Å². The maximum absolute atomic E-state index is 10.9. The van der Waals surface area contributed by atoms with E-state index in [0.29, 0.717) is 11.2 Å². The summed E-state index contributed by atoms with van der Waals surface area (Å²) in [6, 6.07) is 1.72. The molecule has 1 unspecified atom stereocenters. The van der Waals surface area contributed by atoms with Crippen LogP contribution in [0, 0.1) is 11.3 Å². The summed E-state index contributed by atoms with van der Waals surface area (Å²) in [5.74, 6) is 0.145. The van der Waals surface area contributed by atoms with Gasteiger partial charge in [0.1, 0.15) is 17.9 Å². The molecule has 0 radical (unpaired) electrons. The van der Waals surface area contributed by atoms with Gasteiger partial charge in [0.25, 0.3) is 0 Å². The van der Waals surface area contributed by atoms with Gasteiger partial charge in [-0.15, -0.1) is 0 Å². The molecule has 0 aliphatic heterocycles. The van der Waals surface area contributed by atoms with Gasteiger partial charge in [0.2, 0.25) is 0 Å². The van der Waals surface area contributed by atoms with E-state index in [1.54, 1.807) is 6.07 Å². The quantitative estimate of drug-likeness (QED) is 0.471. The van der Waals surface area contributed by atoms with E-state index in [2.05, 4.69) is 15.0 Å². The van der Waals surface area contributed by atoms with Crippen LogP contribution in [0.2, 0.25) is 0 Å². The Morgan fingerprint density at radius 2 is 2.18 bits per heavy atom. The average Bonchev–Trinajstić information content (AvgIpc) is 2.87. The lowest BCUT2D eigenvalue weighted by atomic mass is 10.1. The summed E-state index contributed by atoms with van der Waals surface area (Å²) < 4.78 is 17.2. The Bertz CT molecular complexity index is 767. The molecule has 0 aliphatic rings. The molecule has 2 aromatic heterocycles. The van der Waals surface area contributed by atoms with E-state index in [4.69, 9.17) is 20.3 Å². The van der Waals surface area contributed by atoms with E-state index in [1.165, 1.54) is 17.2 Å². The van der Waals surface area contributed by atoms with Crippen molar-refractivity contribution in [3.8, 4) is 6.07 Å². The van der Waals surface area contributed by atoms with Crippen LogP contribution in [0.15, 0.2) is 12.7 Å². The summed E-state index contributed by atoms with van der Waals surface area (Å²) in [6.07, 6.45) is 1.53. The Morgan fingerprint density at radius 1 is 1.45 bits per heavy atom. The molecule has 12 heteroatoms. The zero-order chi connectivity index (χ0) is 16.4. The highest BCUT2D eigenvalue weighted by molar-refractivity contribution is 7.51. The highest BCUT2D eigenvalue weighted by Gasteiger charge is 2.34. The lowest BCUT2D eigenvalue weighted by molar-refractivity contribution is -0.0342. The number of aliphatic hydroxyl groups is 1. The van der Waals surface area contributed by atoms with E-state index in [9.17, 15) is 14.9 Å². The Kier molecular flexibility index (Phi) is 4.41. The fourth-order valence-electron chi connectivity index (χ4n) is 1.74. The Hall–Kier alpha value is -2.09. The Balaban J connectivity index is 2.32. The first-order chi connectivity index (χ1) is 10.3. The van der Waals surface area contributed by atoms with Crippen molar-refractivity contribution in [2.24, 2.45) is 0 Å². The summed E-state index contributed by atoms with van der Waals surface area (Å²) in [4.78, 5) is 29.4. The second-order valence-corrected chi connectivity index (χ2v) is 6.09. The summed E-state index contributed by atoms with van der Waals surface area (Å²) in [6.45, 7) is -1.02. The lowest BCUT2D eigenvalue weighted by Crippen LogP contribution is -2.40. The second kappa shape index (κ2) is 5.96. The molecule has 118 valence electrons. The highest BCUT2D eigenvalue weighted by atomic mass is 31.2. The van der Waals surface area contributed by atoms with Crippen LogP contribution in [0.5, 0.6) is 0 Å². The van der Waals surface area contributed by atoms with Crippen LogP contribution >= 0.6 is 7.60 Å². The van der Waals surface area contributed by atoms with E-state index < -0.39 is 26.2 Å². The molecule has 0 bridgehead atoms. The van der Waals surface area contributed by atoms with Crippen LogP contribution in [0.1, 0.15) is 0 Å². The third-order valence-electron chi connectivity index (χ3n) is 2.82. The zero-order valence-electron chi connectivity index (χ0n) is 11.2. The number of fused-ring (bicyclic) bond motifs is 1. The maximum atomic E-state index is 10.9. The fourth-order valence-corrected chi connectivity index (χ4v) is 2.16. The number of anilines is 1. The highest BCUT2D eigenvalue weighted by Crippen LogP contribution is 2.36. The van der Waals surface area contributed by atoms with E-state index >= 15 is 0 Å². The minimum absolute atomic E-state index is 0.145. The zero-order valence-corrected chi connectivity index (χ0v) is 12.1. The number of hydrogen-bond donors (Lipinski definition) is 4. The number of nitriles is 1. The van der Waals surface area contributed by atoms with E-state index in [0.717, 1.165) is 0 Å². The molecule has 5 N–H and O–H groups in total. The van der Waals surface area contributed by atoms with E-state index in [1.807, 2.05) is 0 Å². The standard InChI is InChI=1S/C10H13N6O5P/c11-1-10(3-17,21-6-22(18,19)20)2-16-5-15-7-8(12)13-4-14-9(7)16/h4-5,17H,2-3,6H2,(H2,12,13,14)(H2,18,19,20). The van der Waals surface area contributed by atoms with Crippen molar-refractivity contribution in [2.75, 3.05) is 18.7 Å². The SMILES string of the molecule is N#CC(CO)(Cn1cnc2c(N)ncnc21)OCP(=O)(O)O. The maximum Gasteiger partial charge on any atom is 0.351 e. The van der Waals surface area contributed by atoms with Gasteiger partial charge in [-0.2, -0.15) is 5.26 Å². The van der Waals surface area contributed by atoms with Crippen LogP contribution in [-0.2, 0) is 15.8 Å². The second-order valence-electron chi connectivity index (χ2n) is 4.51. The number of ether oxygens (including phenoxy) is 1. The molecular weight excluding hydrogens is 315 g/mol. The van der Waals surface area contributed by atoms with Crippen molar-refractivity contribution in [3.63, 3.8) is 0 Å². The first kappa shape index (κ1) is 16.3. The average molecular weight is 328 g/mol. The van der Waals surface area contributed by atoms with Gasteiger partial charge in [0.15, 0.2) is 23.4 Å². The van der Waals surface area contributed by atoms with Crippen LogP contribution < -0.4 is 5.73 Å². The van der Waals surface area contributed by atoms with Gasteiger partial charge in [0, 0.05) is 0 Å². The number of aromatic nitrogens is 4. The summed E-state index contributed by atoms with van der Waals surface area (Å²) in [5.41, 5.74) is 4.40. The van der Waals surface area contributed by atoms with Gasteiger partial charge in [-0.25, -0.2) is 15.0 Å². The number of nitrogens with two attached hydrogens (primary N) is 1. The molecule has 2 rings (SSSR count). The van der Waals surface area contributed by atoms with Crippen LogP contribution in [0.4, 0.5) is 5.82 Å². The molecular formula is C10H13N6O5P. The number of hydrogen-bond acceptors (Lipinski definition) is 8. The van der Waals surface area contributed by atoms with Crippen molar-refractivity contribution in [1.29, 1.82) is 5.26 Å². The van der Waals surface area contributed by atoms with Gasteiger partial charge in [-0.1, -0.05) is 0 Å². The molecule has 0 saturated carbocycles. The molecule has 0 saturated heterocycles. The Morgan fingerprint density at radius 3 is 2.77 bits per heavy atom. The molecule has 1 atom stereocenters. The molecule has 2 aromatic rings. The van der Waals surface area contributed by atoms with Crippen molar-refractivity contribution < 1.29 is 24.2 Å². The number of rotatable bonds is 6. The summed E-state index contributed by atoms with van der Waals surface area (Å²) in [5, 5.41) is 18.6. The first-order valence-electron chi connectivity index (χ1n) is 5.92. The fraction of sp³-hybridized carbons (Fsp3) is 0.400. The number of nitrogen functional groups attached to an aromatic ring is 1. The van der Waals surface area contributed by atoms with Crippen molar-refractivity contribution in [3.05, 3.63) is 12.7 Å². The normalized spacial score (nSPS) is 14.6. The molecule has 0 spiro atoms. The molecule has 0 aliphatic carbocycles. The van der Waals surface area contributed by atoms with Gasteiger partial charge in [-0.3, -0.25) is 4.57 Å². The third-order valence-corrected chi connectivity index (χ3v) is 3.29. The predicted octanol–water partition coefficient (Wildman–Crippen LogP) is -1.19. The minimum atomic E-state index is -4.49. The van der Waals surface area contributed by atoms with Gasteiger partial charge >= 0.3 is 7.60 Å². The third kappa shape index (κ3) is 3.38. The number of imidazole rings is 1.